The molecule has 0 bridgehead atoms. The monoisotopic (exact) mass is 480 g/mol. The first-order chi connectivity index (χ1) is 11.9. The van der Waals surface area contributed by atoms with Gasteiger partial charge in [-0.15, -0.1) is 24.0 Å². The molecule has 0 radical (unpaired) electrons. The van der Waals surface area contributed by atoms with Crippen molar-refractivity contribution in [1.82, 2.24) is 15.5 Å². The molecule has 6 nitrogen and oxygen atoms in total. The highest BCUT2D eigenvalue weighted by Gasteiger charge is 2.26. The fourth-order valence-electron chi connectivity index (χ4n) is 3.70. The number of carbonyl (C=O) groups excluding carboxylic acids is 1. The lowest BCUT2D eigenvalue weighted by Crippen LogP contribution is -2.50. The maximum absolute atomic E-state index is 12.2. The molecule has 1 aliphatic carbocycles. The lowest BCUT2D eigenvalue weighted by molar-refractivity contribution is -0.121. The van der Waals surface area contributed by atoms with Crippen molar-refractivity contribution in [3.05, 3.63) is 0 Å². The lowest BCUT2D eigenvalue weighted by Gasteiger charge is -2.36. The Morgan fingerprint density at radius 3 is 2.27 bits per heavy atom. The van der Waals surface area contributed by atoms with Crippen molar-refractivity contribution in [2.45, 2.75) is 83.5 Å². The first-order valence-electron chi connectivity index (χ1n) is 9.80. The Labute approximate surface area is 175 Å². The molecular weight excluding hydrogens is 443 g/mol. The van der Waals surface area contributed by atoms with E-state index in [1.807, 2.05) is 0 Å². The minimum atomic E-state index is -0.0933. The minimum absolute atomic E-state index is 0. The summed E-state index contributed by atoms with van der Waals surface area (Å²) >= 11 is 0. The van der Waals surface area contributed by atoms with E-state index in [1.54, 1.807) is 7.05 Å². The molecule has 0 atom stereocenters. The van der Waals surface area contributed by atoms with E-state index in [0.29, 0.717) is 18.7 Å². The second-order valence-corrected chi connectivity index (χ2v) is 8.22. The zero-order valence-corrected chi connectivity index (χ0v) is 19.2. The lowest BCUT2D eigenvalue weighted by atomic mass is 9.95. The topological polar surface area (TPSA) is 66.0 Å². The van der Waals surface area contributed by atoms with Gasteiger partial charge in [-0.2, -0.15) is 0 Å². The van der Waals surface area contributed by atoms with Crippen LogP contribution in [0, 0.1) is 0 Å². The van der Waals surface area contributed by atoms with Crippen LogP contribution in [0.5, 0.6) is 0 Å². The van der Waals surface area contributed by atoms with Crippen LogP contribution in [-0.4, -0.2) is 61.2 Å². The summed E-state index contributed by atoms with van der Waals surface area (Å²) in [5.41, 5.74) is -0.0933. The molecule has 152 valence electrons. The number of carbonyl (C=O) groups is 1. The van der Waals surface area contributed by atoms with Gasteiger partial charge < -0.3 is 20.3 Å². The van der Waals surface area contributed by atoms with Crippen molar-refractivity contribution in [3.8, 4) is 0 Å². The van der Waals surface area contributed by atoms with Crippen molar-refractivity contribution in [1.29, 1.82) is 0 Å². The van der Waals surface area contributed by atoms with Gasteiger partial charge in [-0.25, -0.2) is 0 Å². The van der Waals surface area contributed by atoms with Gasteiger partial charge in [0.2, 0.25) is 5.91 Å². The normalized spacial score (nSPS) is 20.5. The molecule has 0 aromatic carbocycles. The number of nitrogens with zero attached hydrogens (tertiary/aromatic N) is 2. The molecule has 2 rings (SSSR count). The number of hydrogen-bond acceptors (Lipinski definition) is 3. The summed E-state index contributed by atoms with van der Waals surface area (Å²) in [4.78, 5) is 18.7. The average molecular weight is 480 g/mol. The van der Waals surface area contributed by atoms with Gasteiger partial charge in [-0.3, -0.25) is 9.79 Å². The number of hydrogen-bond donors (Lipinski definition) is 2. The molecule has 0 unspecified atom stereocenters. The summed E-state index contributed by atoms with van der Waals surface area (Å²) in [6.45, 7) is 8.41. The largest absolute Gasteiger partial charge is 0.372 e. The zero-order valence-electron chi connectivity index (χ0n) is 16.8. The molecule has 1 saturated carbocycles. The highest BCUT2D eigenvalue weighted by atomic mass is 127. The van der Waals surface area contributed by atoms with E-state index in [1.165, 1.54) is 19.3 Å². The molecule has 0 aromatic heterocycles. The number of ether oxygens (including phenoxy) is 1. The molecule has 26 heavy (non-hydrogen) atoms. The van der Waals surface area contributed by atoms with Gasteiger partial charge in [0, 0.05) is 26.2 Å². The first kappa shape index (κ1) is 23.5. The Kier molecular flexibility index (Phi) is 10.2. The van der Waals surface area contributed by atoms with Crippen LogP contribution in [0.1, 0.15) is 65.7 Å². The molecule has 2 aliphatic rings. The molecule has 1 amide bonds. The van der Waals surface area contributed by atoms with E-state index in [-0.39, 0.29) is 35.5 Å². The van der Waals surface area contributed by atoms with Gasteiger partial charge >= 0.3 is 0 Å². The van der Waals surface area contributed by atoms with Gasteiger partial charge in [-0.05, 0) is 46.5 Å². The highest BCUT2D eigenvalue weighted by Crippen LogP contribution is 2.20. The van der Waals surface area contributed by atoms with E-state index in [2.05, 4.69) is 41.3 Å². The van der Waals surface area contributed by atoms with Crippen LogP contribution >= 0.6 is 24.0 Å². The Hall–Kier alpha value is -0.570. The third-order valence-electron chi connectivity index (χ3n) is 4.85. The average Bonchev–Trinajstić information content (AvgIpc) is 2.56. The number of piperidine rings is 1. The third kappa shape index (κ3) is 8.41. The van der Waals surface area contributed by atoms with Crippen LogP contribution in [0.3, 0.4) is 0 Å². The number of amides is 1. The number of halogens is 1. The van der Waals surface area contributed by atoms with Gasteiger partial charge in [0.25, 0.3) is 0 Å². The summed E-state index contributed by atoms with van der Waals surface area (Å²) < 4.78 is 6.07. The van der Waals surface area contributed by atoms with Crippen molar-refractivity contribution in [3.63, 3.8) is 0 Å². The molecule has 2 fully saturated rings. The molecule has 0 spiro atoms. The predicted molar refractivity (Wildman–Crippen MR) is 117 cm³/mol. The molecule has 1 aliphatic heterocycles. The predicted octanol–water partition coefficient (Wildman–Crippen LogP) is 2.91. The summed E-state index contributed by atoms with van der Waals surface area (Å²) in [7, 11) is 1.78. The van der Waals surface area contributed by atoms with Crippen molar-refractivity contribution >= 4 is 35.8 Å². The SMILES string of the molecule is CN=C(NCC(=O)NC1CCCCC1)N1CCC(OC(C)(C)C)CC1.I. The minimum Gasteiger partial charge on any atom is -0.372 e. The second kappa shape index (κ2) is 11.3. The highest BCUT2D eigenvalue weighted by molar-refractivity contribution is 14.0. The van der Waals surface area contributed by atoms with Gasteiger partial charge in [0.15, 0.2) is 5.96 Å². The van der Waals surface area contributed by atoms with Crippen molar-refractivity contribution in [2.75, 3.05) is 26.7 Å². The Morgan fingerprint density at radius 1 is 1.12 bits per heavy atom. The van der Waals surface area contributed by atoms with Gasteiger partial charge in [0.05, 0.1) is 18.2 Å². The second-order valence-electron chi connectivity index (χ2n) is 8.22. The fraction of sp³-hybridized carbons (Fsp3) is 0.895. The van der Waals surface area contributed by atoms with Crippen LogP contribution in [0.2, 0.25) is 0 Å². The maximum Gasteiger partial charge on any atom is 0.239 e. The van der Waals surface area contributed by atoms with Crippen LogP contribution < -0.4 is 10.6 Å². The van der Waals surface area contributed by atoms with Crippen LogP contribution in [-0.2, 0) is 9.53 Å². The quantitative estimate of drug-likeness (QED) is 0.369. The molecule has 1 heterocycles. The number of aliphatic imine (C=N–C) groups is 1. The molecule has 0 aromatic rings. The third-order valence-corrected chi connectivity index (χ3v) is 4.85. The number of guanidine groups is 1. The molecule has 7 heteroatoms. The van der Waals surface area contributed by atoms with Crippen molar-refractivity contribution in [2.24, 2.45) is 4.99 Å². The first-order valence-corrected chi connectivity index (χ1v) is 9.80. The van der Waals surface area contributed by atoms with E-state index in [0.717, 1.165) is 44.7 Å². The van der Waals surface area contributed by atoms with E-state index in [9.17, 15) is 4.79 Å². The number of nitrogens with one attached hydrogen (secondary N) is 2. The van der Waals surface area contributed by atoms with E-state index < -0.39 is 0 Å². The van der Waals surface area contributed by atoms with E-state index >= 15 is 0 Å². The zero-order chi connectivity index (χ0) is 18.3. The summed E-state index contributed by atoms with van der Waals surface area (Å²) in [5.74, 6) is 0.881. The Balaban J connectivity index is 0.00000338. The van der Waals surface area contributed by atoms with Crippen LogP contribution in [0.4, 0.5) is 0 Å². The molecule has 2 N–H and O–H groups in total. The maximum atomic E-state index is 12.2. The standard InChI is InChI=1S/C19H36N4O2.HI/c1-19(2,3)25-16-10-12-23(13-11-16)18(20-4)21-14-17(24)22-15-8-6-5-7-9-15;/h15-16H,5-14H2,1-4H3,(H,20,21)(H,22,24);1H. The smallest absolute Gasteiger partial charge is 0.239 e. The van der Waals surface area contributed by atoms with E-state index in [4.69, 9.17) is 4.74 Å². The molecular formula is C19H37IN4O2. The van der Waals surface area contributed by atoms with Crippen LogP contribution in [0.15, 0.2) is 4.99 Å². The van der Waals surface area contributed by atoms with Gasteiger partial charge in [-0.1, -0.05) is 19.3 Å². The Morgan fingerprint density at radius 2 is 1.73 bits per heavy atom. The van der Waals surface area contributed by atoms with Crippen LogP contribution in [0.25, 0.3) is 0 Å². The number of rotatable bonds is 4. The summed E-state index contributed by atoms with van der Waals surface area (Å²) in [5, 5.41) is 6.35. The summed E-state index contributed by atoms with van der Waals surface area (Å²) in [6.07, 6.45) is 8.27. The summed E-state index contributed by atoms with van der Waals surface area (Å²) in [6, 6.07) is 0.357. The molecule has 1 saturated heterocycles. The number of likely N-dealkylation sites (tertiary alicyclic amines) is 1. The van der Waals surface area contributed by atoms with Gasteiger partial charge in [0.1, 0.15) is 0 Å². The Bertz CT molecular complexity index is 451. The van der Waals surface area contributed by atoms with Crippen molar-refractivity contribution < 1.29 is 9.53 Å². The fourth-order valence-corrected chi connectivity index (χ4v) is 3.70.